The smallest absolute Gasteiger partial charge is 0.302 e. The fourth-order valence-corrected chi connectivity index (χ4v) is 2.09. The van der Waals surface area contributed by atoms with Crippen LogP contribution in [0.1, 0.15) is 5.56 Å². The van der Waals surface area contributed by atoms with E-state index in [0.717, 1.165) is 4.90 Å². The van der Waals surface area contributed by atoms with Gasteiger partial charge < -0.3 is 5.32 Å². The van der Waals surface area contributed by atoms with Crippen molar-refractivity contribution in [2.24, 2.45) is 0 Å². The van der Waals surface area contributed by atoms with Gasteiger partial charge in [0.15, 0.2) is 0 Å². The minimum absolute atomic E-state index is 0.0500. The first-order valence-electron chi connectivity index (χ1n) is 6.33. The highest BCUT2D eigenvalue weighted by atomic mass is 19.1. The topological polar surface area (TPSA) is 49.4 Å². The Morgan fingerprint density at radius 2 is 1.62 bits per heavy atom. The van der Waals surface area contributed by atoms with Gasteiger partial charge in [-0.25, -0.2) is 14.1 Å². The van der Waals surface area contributed by atoms with Crippen molar-refractivity contribution < 1.29 is 14.0 Å². The molecule has 104 valence electrons. The Morgan fingerprint density at radius 3 is 2.33 bits per heavy atom. The molecule has 3 rings (SSSR count). The third-order valence-electron chi connectivity index (χ3n) is 3.10. The number of anilines is 1. The van der Waals surface area contributed by atoms with Crippen LogP contribution in [0.2, 0.25) is 0 Å². The van der Waals surface area contributed by atoms with Crippen molar-refractivity contribution >= 4 is 23.7 Å². The number of amides is 3. The molecule has 1 fully saturated rings. The summed E-state index contributed by atoms with van der Waals surface area (Å²) < 4.78 is 13.6. The summed E-state index contributed by atoms with van der Waals surface area (Å²) in [5, 5.41) is 2.46. The van der Waals surface area contributed by atoms with E-state index in [0.29, 0.717) is 5.69 Å². The maximum atomic E-state index is 13.6. The minimum Gasteiger partial charge on any atom is -0.302 e. The summed E-state index contributed by atoms with van der Waals surface area (Å²) in [6.07, 6.45) is 1.33. The van der Waals surface area contributed by atoms with E-state index in [-0.39, 0.29) is 11.3 Å². The first-order valence-corrected chi connectivity index (χ1v) is 6.33. The quantitative estimate of drug-likeness (QED) is 0.680. The molecular formula is C16H11FN2O2. The molecule has 5 heteroatoms. The van der Waals surface area contributed by atoms with Gasteiger partial charge in [0, 0.05) is 5.56 Å². The molecule has 1 aliphatic rings. The van der Waals surface area contributed by atoms with Crippen molar-refractivity contribution in [1.29, 1.82) is 0 Å². The maximum Gasteiger partial charge on any atom is 0.333 e. The lowest BCUT2D eigenvalue weighted by Gasteiger charge is -2.10. The summed E-state index contributed by atoms with van der Waals surface area (Å²) in [4.78, 5) is 25.2. The van der Waals surface area contributed by atoms with Crippen LogP contribution in [0, 0.1) is 5.82 Å². The second kappa shape index (κ2) is 5.20. The third kappa shape index (κ3) is 2.41. The molecule has 2 aromatic rings. The Labute approximate surface area is 120 Å². The lowest BCUT2D eigenvalue weighted by molar-refractivity contribution is -0.113. The molecule has 0 unspecified atom stereocenters. The Kier molecular flexibility index (Phi) is 3.23. The first-order chi connectivity index (χ1) is 10.2. The zero-order chi connectivity index (χ0) is 14.8. The summed E-state index contributed by atoms with van der Waals surface area (Å²) in [6, 6.07) is 14.1. The van der Waals surface area contributed by atoms with Gasteiger partial charge >= 0.3 is 6.03 Å². The molecule has 0 spiro atoms. The number of urea groups is 1. The molecule has 0 radical (unpaired) electrons. The van der Waals surface area contributed by atoms with Gasteiger partial charge in [-0.2, -0.15) is 0 Å². The highest BCUT2D eigenvalue weighted by Crippen LogP contribution is 2.22. The second-order valence-electron chi connectivity index (χ2n) is 4.49. The number of carbonyl (C=O) groups excluding carboxylic acids is 2. The van der Waals surface area contributed by atoms with Crippen LogP contribution in [0.3, 0.4) is 0 Å². The molecule has 0 aromatic heterocycles. The van der Waals surface area contributed by atoms with Gasteiger partial charge in [0.25, 0.3) is 5.91 Å². The van der Waals surface area contributed by atoms with E-state index >= 15 is 0 Å². The SMILES string of the molecule is O=C1NC(=Cc2ccccc2F)C(=O)N1c1ccccc1. The molecular weight excluding hydrogens is 271 g/mol. The maximum absolute atomic E-state index is 13.6. The lowest BCUT2D eigenvalue weighted by atomic mass is 10.2. The Bertz CT molecular complexity index is 741. The molecule has 1 N–H and O–H groups in total. The van der Waals surface area contributed by atoms with Crippen molar-refractivity contribution in [2.75, 3.05) is 4.90 Å². The number of nitrogens with one attached hydrogen (secondary N) is 1. The predicted molar refractivity (Wildman–Crippen MR) is 76.8 cm³/mol. The number of carbonyl (C=O) groups is 2. The van der Waals surface area contributed by atoms with Crippen LogP contribution < -0.4 is 10.2 Å². The van der Waals surface area contributed by atoms with Crippen LogP contribution in [0.5, 0.6) is 0 Å². The number of rotatable bonds is 2. The fourth-order valence-electron chi connectivity index (χ4n) is 2.09. The van der Waals surface area contributed by atoms with Crippen LogP contribution in [-0.2, 0) is 4.79 Å². The average Bonchev–Trinajstić information content (AvgIpc) is 2.77. The molecule has 0 aliphatic carbocycles. The molecule has 0 bridgehead atoms. The van der Waals surface area contributed by atoms with Gasteiger partial charge in [0.2, 0.25) is 0 Å². The standard InChI is InChI=1S/C16H11FN2O2/c17-13-9-5-4-6-11(13)10-14-15(20)19(16(21)18-14)12-7-2-1-3-8-12/h1-10H,(H,18,21). The molecule has 1 heterocycles. The van der Waals surface area contributed by atoms with Gasteiger partial charge in [-0.05, 0) is 24.3 Å². The molecule has 2 aromatic carbocycles. The van der Waals surface area contributed by atoms with Crippen molar-refractivity contribution in [1.82, 2.24) is 5.32 Å². The zero-order valence-electron chi connectivity index (χ0n) is 10.9. The molecule has 1 saturated heterocycles. The van der Waals surface area contributed by atoms with Crippen LogP contribution in [0.25, 0.3) is 6.08 Å². The fraction of sp³-hybridized carbons (Fsp3) is 0. The van der Waals surface area contributed by atoms with Crippen LogP contribution in [0.4, 0.5) is 14.9 Å². The van der Waals surface area contributed by atoms with Crippen LogP contribution >= 0.6 is 0 Å². The molecule has 0 saturated carbocycles. The molecule has 21 heavy (non-hydrogen) atoms. The highest BCUT2D eigenvalue weighted by Gasteiger charge is 2.34. The second-order valence-corrected chi connectivity index (χ2v) is 4.49. The molecule has 3 amide bonds. The largest absolute Gasteiger partial charge is 0.333 e. The number of hydrogen-bond donors (Lipinski definition) is 1. The van der Waals surface area contributed by atoms with Gasteiger partial charge in [-0.3, -0.25) is 4.79 Å². The van der Waals surface area contributed by atoms with E-state index in [4.69, 9.17) is 0 Å². The van der Waals surface area contributed by atoms with Gasteiger partial charge in [0.05, 0.1) is 5.69 Å². The summed E-state index contributed by atoms with van der Waals surface area (Å²) >= 11 is 0. The van der Waals surface area contributed by atoms with Crippen LogP contribution in [0.15, 0.2) is 60.3 Å². The Morgan fingerprint density at radius 1 is 0.952 bits per heavy atom. The molecule has 1 aliphatic heterocycles. The predicted octanol–water partition coefficient (Wildman–Crippen LogP) is 2.92. The number of hydrogen-bond acceptors (Lipinski definition) is 2. The van der Waals surface area contributed by atoms with Crippen molar-refractivity contribution in [3.63, 3.8) is 0 Å². The van der Waals surface area contributed by atoms with E-state index in [1.54, 1.807) is 42.5 Å². The van der Waals surface area contributed by atoms with E-state index in [1.807, 2.05) is 0 Å². The number of imide groups is 1. The zero-order valence-corrected chi connectivity index (χ0v) is 10.9. The Balaban J connectivity index is 1.96. The third-order valence-corrected chi connectivity index (χ3v) is 3.10. The number of benzene rings is 2. The number of halogens is 1. The minimum atomic E-state index is -0.547. The van der Waals surface area contributed by atoms with E-state index in [1.165, 1.54) is 18.2 Å². The van der Waals surface area contributed by atoms with E-state index in [2.05, 4.69) is 5.32 Å². The van der Waals surface area contributed by atoms with Gasteiger partial charge in [-0.15, -0.1) is 0 Å². The molecule has 0 atom stereocenters. The highest BCUT2D eigenvalue weighted by molar-refractivity contribution is 6.28. The lowest BCUT2D eigenvalue weighted by Crippen LogP contribution is -2.30. The summed E-state index contributed by atoms with van der Waals surface area (Å²) in [5.41, 5.74) is 0.766. The van der Waals surface area contributed by atoms with Gasteiger partial charge in [-0.1, -0.05) is 36.4 Å². The summed E-state index contributed by atoms with van der Waals surface area (Å²) in [6.45, 7) is 0. The van der Waals surface area contributed by atoms with E-state index in [9.17, 15) is 14.0 Å². The van der Waals surface area contributed by atoms with E-state index < -0.39 is 17.8 Å². The normalized spacial score (nSPS) is 16.4. The van der Waals surface area contributed by atoms with Crippen molar-refractivity contribution in [2.45, 2.75) is 0 Å². The first kappa shape index (κ1) is 13.1. The van der Waals surface area contributed by atoms with Crippen LogP contribution in [-0.4, -0.2) is 11.9 Å². The van der Waals surface area contributed by atoms with Crippen molar-refractivity contribution in [3.05, 3.63) is 71.7 Å². The number of nitrogens with zero attached hydrogens (tertiary/aromatic N) is 1. The monoisotopic (exact) mass is 282 g/mol. The number of para-hydroxylation sites is 1. The van der Waals surface area contributed by atoms with Crippen molar-refractivity contribution in [3.8, 4) is 0 Å². The Hall–Kier alpha value is -2.95. The summed E-state index contributed by atoms with van der Waals surface area (Å²) in [5.74, 6) is -0.959. The summed E-state index contributed by atoms with van der Waals surface area (Å²) in [7, 11) is 0. The van der Waals surface area contributed by atoms with Gasteiger partial charge in [0.1, 0.15) is 11.5 Å². The molecule has 4 nitrogen and oxygen atoms in total. The average molecular weight is 282 g/mol.